The molecule has 0 radical (unpaired) electrons. The predicted octanol–water partition coefficient (Wildman–Crippen LogP) is 2.53. The highest BCUT2D eigenvalue weighted by Crippen LogP contribution is 2.06. The topological polar surface area (TPSA) is 34.1 Å². The van der Waals surface area contributed by atoms with Crippen molar-refractivity contribution >= 4 is 11.6 Å². The van der Waals surface area contributed by atoms with Crippen LogP contribution < -0.4 is 0 Å². The minimum atomic E-state index is 0.0663. The van der Waals surface area contributed by atoms with Crippen LogP contribution >= 0.6 is 0 Å². The highest BCUT2D eigenvalue weighted by Gasteiger charge is 2.08. The first-order valence-electron chi connectivity index (χ1n) is 4.66. The maximum atomic E-state index is 11.2. The molecule has 0 aromatic heterocycles. The molecule has 0 aromatic rings. The second kappa shape index (κ2) is 5.68. The quantitative estimate of drug-likeness (QED) is 0.591. The predicted molar refractivity (Wildman–Crippen MR) is 53.5 cm³/mol. The van der Waals surface area contributed by atoms with Gasteiger partial charge in [0.25, 0.3) is 0 Å². The number of carbonyl (C=O) groups excluding carboxylic acids is 2. The molecule has 0 rings (SSSR count). The van der Waals surface area contributed by atoms with Crippen LogP contribution in [0.1, 0.15) is 40.0 Å². The largest absolute Gasteiger partial charge is 0.299 e. The fraction of sp³-hybridized carbons (Fsp3) is 0.636. The van der Waals surface area contributed by atoms with E-state index in [0.29, 0.717) is 24.8 Å². The van der Waals surface area contributed by atoms with E-state index in [-0.39, 0.29) is 17.5 Å². The van der Waals surface area contributed by atoms with Crippen molar-refractivity contribution in [3.8, 4) is 0 Å². The summed E-state index contributed by atoms with van der Waals surface area (Å²) in [5, 5.41) is 0. The lowest BCUT2D eigenvalue weighted by molar-refractivity contribution is -0.122. The van der Waals surface area contributed by atoms with Crippen LogP contribution in [0.5, 0.6) is 0 Å². The van der Waals surface area contributed by atoms with Crippen LogP contribution in [0, 0.1) is 5.92 Å². The van der Waals surface area contributed by atoms with Crippen LogP contribution in [-0.2, 0) is 9.59 Å². The first kappa shape index (κ1) is 12.1. The van der Waals surface area contributed by atoms with Gasteiger partial charge < -0.3 is 0 Å². The second-order valence-corrected chi connectivity index (χ2v) is 3.68. The maximum absolute atomic E-state index is 11.2. The summed E-state index contributed by atoms with van der Waals surface area (Å²) in [7, 11) is 0. The minimum absolute atomic E-state index is 0.0663. The van der Waals surface area contributed by atoms with E-state index in [1.54, 1.807) is 6.92 Å². The van der Waals surface area contributed by atoms with Gasteiger partial charge in [0.2, 0.25) is 0 Å². The van der Waals surface area contributed by atoms with E-state index < -0.39 is 0 Å². The molecule has 0 fully saturated rings. The molecule has 0 bridgehead atoms. The van der Waals surface area contributed by atoms with E-state index in [0.717, 1.165) is 0 Å². The van der Waals surface area contributed by atoms with Crippen LogP contribution in [0.15, 0.2) is 12.2 Å². The third-order valence-electron chi connectivity index (χ3n) is 1.95. The molecule has 0 spiro atoms. The van der Waals surface area contributed by atoms with Crippen molar-refractivity contribution in [2.24, 2.45) is 5.92 Å². The van der Waals surface area contributed by atoms with Crippen molar-refractivity contribution in [2.45, 2.75) is 40.0 Å². The molecule has 2 heteroatoms. The maximum Gasteiger partial charge on any atom is 0.158 e. The molecule has 0 heterocycles. The molecule has 2 nitrogen and oxygen atoms in total. The number of hydrogen-bond acceptors (Lipinski definition) is 2. The fourth-order valence-corrected chi connectivity index (χ4v) is 0.925. The van der Waals surface area contributed by atoms with E-state index in [4.69, 9.17) is 0 Å². The van der Waals surface area contributed by atoms with E-state index in [1.807, 2.05) is 13.8 Å². The molecule has 0 atom stereocenters. The normalized spacial score (nSPS) is 10.2. The molecule has 74 valence electrons. The highest BCUT2D eigenvalue weighted by molar-refractivity contribution is 5.94. The summed E-state index contributed by atoms with van der Waals surface area (Å²) in [6.45, 7) is 9.01. The van der Waals surface area contributed by atoms with Crippen molar-refractivity contribution in [3.63, 3.8) is 0 Å². The lowest BCUT2D eigenvalue weighted by Gasteiger charge is -2.02. The summed E-state index contributed by atoms with van der Waals surface area (Å²) in [4.78, 5) is 22.2. The van der Waals surface area contributed by atoms with Crippen LogP contribution in [0.2, 0.25) is 0 Å². The van der Waals surface area contributed by atoms with Gasteiger partial charge in [-0.3, -0.25) is 9.59 Å². The zero-order chi connectivity index (χ0) is 10.4. The van der Waals surface area contributed by atoms with Crippen molar-refractivity contribution in [3.05, 3.63) is 12.2 Å². The second-order valence-electron chi connectivity index (χ2n) is 3.68. The van der Waals surface area contributed by atoms with Crippen LogP contribution in [0.25, 0.3) is 0 Å². The third-order valence-corrected chi connectivity index (χ3v) is 1.95. The average Bonchev–Trinajstić information content (AvgIpc) is 2.03. The molecule has 0 aliphatic rings. The van der Waals surface area contributed by atoms with Crippen LogP contribution in [0.4, 0.5) is 0 Å². The van der Waals surface area contributed by atoms with Crippen LogP contribution in [0.3, 0.4) is 0 Å². The van der Waals surface area contributed by atoms with Gasteiger partial charge in [-0.2, -0.15) is 0 Å². The Morgan fingerprint density at radius 2 is 1.77 bits per heavy atom. The van der Waals surface area contributed by atoms with E-state index in [9.17, 15) is 9.59 Å². The Bertz CT molecular complexity index is 214. The Labute approximate surface area is 80.0 Å². The minimum Gasteiger partial charge on any atom is -0.299 e. The Hall–Kier alpha value is -0.920. The summed E-state index contributed by atoms with van der Waals surface area (Å²) in [5.74, 6) is 0.381. The zero-order valence-corrected chi connectivity index (χ0v) is 8.72. The Balaban J connectivity index is 3.63. The Kier molecular flexibility index (Phi) is 5.28. The van der Waals surface area contributed by atoms with Gasteiger partial charge in [0, 0.05) is 18.8 Å². The molecular formula is C11H18O2. The van der Waals surface area contributed by atoms with Gasteiger partial charge in [-0.05, 0) is 18.9 Å². The lowest BCUT2D eigenvalue weighted by Crippen LogP contribution is -2.07. The lowest BCUT2D eigenvalue weighted by atomic mass is 10.0. The van der Waals surface area contributed by atoms with Gasteiger partial charge in [0.1, 0.15) is 5.78 Å². The van der Waals surface area contributed by atoms with Crippen molar-refractivity contribution in [1.82, 2.24) is 0 Å². The average molecular weight is 182 g/mol. The monoisotopic (exact) mass is 182 g/mol. The van der Waals surface area contributed by atoms with Gasteiger partial charge in [-0.25, -0.2) is 0 Å². The standard InChI is InChI=1S/C11H18O2/c1-8(2)10(12)6-5-7-11(13)9(3)4/h9H,1,5-7H2,2-4H3. The number of allylic oxidation sites excluding steroid dienone is 1. The first-order valence-corrected chi connectivity index (χ1v) is 4.66. The van der Waals surface area contributed by atoms with E-state index in [2.05, 4.69) is 6.58 Å². The molecular weight excluding hydrogens is 164 g/mol. The SMILES string of the molecule is C=C(C)C(=O)CCCC(=O)C(C)C. The molecule has 0 N–H and O–H groups in total. The Morgan fingerprint density at radius 3 is 2.15 bits per heavy atom. The van der Waals surface area contributed by atoms with Crippen molar-refractivity contribution < 1.29 is 9.59 Å². The smallest absolute Gasteiger partial charge is 0.158 e. The van der Waals surface area contributed by atoms with E-state index in [1.165, 1.54) is 0 Å². The number of ketones is 2. The molecule has 13 heavy (non-hydrogen) atoms. The molecule has 0 unspecified atom stereocenters. The third kappa shape index (κ3) is 5.34. The summed E-state index contributed by atoms with van der Waals surface area (Å²) in [6, 6.07) is 0. The summed E-state index contributed by atoms with van der Waals surface area (Å²) in [5.41, 5.74) is 0.581. The molecule has 0 saturated heterocycles. The number of carbonyl (C=O) groups is 2. The molecule has 0 aromatic carbocycles. The molecule has 0 amide bonds. The fourth-order valence-electron chi connectivity index (χ4n) is 0.925. The van der Waals surface area contributed by atoms with Crippen molar-refractivity contribution in [2.75, 3.05) is 0 Å². The first-order chi connectivity index (χ1) is 5.95. The molecule has 0 saturated carbocycles. The van der Waals surface area contributed by atoms with Gasteiger partial charge in [0.15, 0.2) is 5.78 Å². The summed E-state index contributed by atoms with van der Waals surface area (Å²) in [6.07, 6.45) is 1.62. The van der Waals surface area contributed by atoms with Crippen molar-refractivity contribution in [1.29, 1.82) is 0 Å². The highest BCUT2D eigenvalue weighted by atomic mass is 16.1. The van der Waals surface area contributed by atoms with E-state index >= 15 is 0 Å². The summed E-state index contributed by atoms with van der Waals surface area (Å²) < 4.78 is 0. The number of rotatable bonds is 6. The molecule has 0 aliphatic heterocycles. The van der Waals surface area contributed by atoms with Gasteiger partial charge in [0.05, 0.1) is 0 Å². The Morgan fingerprint density at radius 1 is 1.23 bits per heavy atom. The number of Topliss-reactive ketones (excluding diaryl/α,β-unsaturated/α-hetero) is 2. The molecule has 0 aliphatic carbocycles. The summed E-state index contributed by atoms with van der Waals surface area (Å²) >= 11 is 0. The zero-order valence-electron chi connectivity index (χ0n) is 8.72. The number of hydrogen-bond donors (Lipinski definition) is 0. The van der Waals surface area contributed by atoms with Gasteiger partial charge in [-0.1, -0.05) is 20.4 Å². The van der Waals surface area contributed by atoms with Gasteiger partial charge in [-0.15, -0.1) is 0 Å². The van der Waals surface area contributed by atoms with Crippen LogP contribution in [-0.4, -0.2) is 11.6 Å². The van der Waals surface area contributed by atoms with Gasteiger partial charge >= 0.3 is 0 Å².